The van der Waals surface area contributed by atoms with Crippen LogP contribution in [0.5, 0.6) is 0 Å². The van der Waals surface area contributed by atoms with Crippen molar-refractivity contribution >= 4 is 17.4 Å². The van der Waals surface area contributed by atoms with Gasteiger partial charge in [0.2, 0.25) is 0 Å². The summed E-state index contributed by atoms with van der Waals surface area (Å²) >= 11 is 0. The van der Waals surface area contributed by atoms with Crippen LogP contribution in [0, 0.1) is 0 Å². The van der Waals surface area contributed by atoms with E-state index in [9.17, 15) is 4.79 Å². The molecule has 22 heavy (non-hydrogen) atoms. The van der Waals surface area contributed by atoms with Crippen molar-refractivity contribution in [3.8, 4) is 0 Å². The first kappa shape index (κ1) is 16.6. The summed E-state index contributed by atoms with van der Waals surface area (Å²) in [5, 5.41) is 3.07. The van der Waals surface area contributed by atoms with E-state index in [-0.39, 0.29) is 12.1 Å². The Balaban J connectivity index is 2.15. The van der Waals surface area contributed by atoms with E-state index in [2.05, 4.69) is 42.2 Å². The monoisotopic (exact) mass is 304 g/mol. The molecule has 0 saturated carbocycles. The Morgan fingerprint density at radius 2 is 1.95 bits per heavy atom. The summed E-state index contributed by atoms with van der Waals surface area (Å²) in [5.41, 5.74) is 2.16. The summed E-state index contributed by atoms with van der Waals surface area (Å²) in [5.74, 6) is 0. The number of nitrogens with zero attached hydrogens (tertiary/aromatic N) is 3. The van der Waals surface area contributed by atoms with Crippen LogP contribution >= 0.6 is 0 Å². The molecule has 0 radical (unpaired) electrons. The van der Waals surface area contributed by atoms with E-state index in [1.807, 2.05) is 30.0 Å². The highest BCUT2D eigenvalue weighted by Crippen LogP contribution is 2.32. The Bertz CT molecular complexity index is 503. The molecule has 1 aromatic rings. The highest BCUT2D eigenvalue weighted by atomic mass is 16.2. The van der Waals surface area contributed by atoms with Crippen LogP contribution in [0.4, 0.5) is 16.2 Å². The highest BCUT2D eigenvalue weighted by Gasteiger charge is 2.26. The predicted molar refractivity (Wildman–Crippen MR) is 92.8 cm³/mol. The van der Waals surface area contributed by atoms with Crippen molar-refractivity contribution in [1.29, 1.82) is 0 Å². The maximum Gasteiger partial charge on any atom is 0.322 e. The number of hydrogen-bond acceptors (Lipinski definition) is 3. The number of anilines is 2. The topological polar surface area (TPSA) is 38.8 Å². The summed E-state index contributed by atoms with van der Waals surface area (Å²) < 4.78 is 0. The second kappa shape index (κ2) is 7.49. The number of rotatable bonds is 5. The summed E-state index contributed by atoms with van der Waals surface area (Å²) in [6.45, 7) is 7.71. The number of para-hydroxylation sites is 2. The number of likely N-dealkylation sites (N-methyl/N-ethyl adjacent to an activating group) is 1. The fraction of sp³-hybridized carbons (Fsp3) is 0.588. The molecular formula is C17H28N4O. The van der Waals surface area contributed by atoms with E-state index < -0.39 is 0 Å². The number of carbonyl (C=O) groups excluding carboxylic acids is 1. The minimum absolute atomic E-state index is 0.00839. The van der Waals surface area contributed by atoms with Crippen LogP contribution in [-0.2, 0) is 0 Å². The lowest BCUT2D eigenvalue weighted by Gasteiger charge is -2.38. The SMILES string of the molecule is CCC(C)NC(=O)N1CCN(CCN(C)C)c2ccccc21. The Hall–Kier alpha value is -1.75. The molecular weight excluding hydrogens is 276 g/mol. The molecule has 5 nitrogen and oxygen atoms in total. The van der Waals surface area contributed by atoms with Crippen LogP contribution in [-0.4, -0.2) is 57.2 Å². The molecule has 0 fully saturated rings. The second-order valence-electron chi connectivity index (χ2n) is 6.19. The molecule has 1 aromatic carbocycles. The van der Waals surface area contributed by atoms with E-state index in [0.717, 1.165) is 44.0 Å². The van der Waals surface area contributed by atoms with Crippen LogP contribution in [0.3, 0.4) is 0 Å². The number of fused-ring (bicyclic) bond motifs is 1. The molecule has 0 saturated heterocycles. The first-order chi connectivity index (χ1) is 10.5. The fourth-order valence-corrected chi connectivity index (χ4v) is 2.58. The molecule has 2 amide bonds. The highest BCUT2D eigenvalue weighted by molar-refractivity contribution is 5.96. The smallest absolute Gasteiger partial charge is 0.322 e. The van der Waals surface area contributed by atoms with Crippen molar-refractivity contribution < 1.29 is 4.79 Å². The van der Waals surface area contributed by atoms with Crippen LogP contribution in [0.15, 0.2) is 24.3 Å². The molecule has 1 aliphatic rings. The lowest BCUT2D eigenvalue weighted by atomic mass is 10.1. The first-order valence-corrected chi connectivity index (χ1v) is 8.09. The summed E-state index contributed by atoms with van der Waals surface area (Å²) in [6.07, 6.45) is 0.941. The van der Waals surface area contributed by atoms with Crippen molar-refractivity contribution in [2.45, 2.75) is 26.3 Å². The molecule has 0 aromatic heterocycles. The lowest BCUT2D eigenvalue weighted by Crippen LogP contribution is -2.50. The van der Waals surface area contributed by atoms with E-state index in [4.69, 9.17) is 0 Å². The standard InChI is InChI=1S/C17H28N4O/c1-5-14(2)18-17(22)21-13-12-20(11-10-19(3)4)15-8-6-7-9-16(15)21/h6-9,14H,5,10-13H2,1-4H3,(H,18,22). The molecule has 1 unspecified atom stereocenters. The third-order valence-electron chi connectivity index (χ3n) is 4.15. The summed E-state index contributed by atoms with van der Waals surface area (Å²) in [7, 11) is 4.17. The van der Waals surface area contributed by atoms with E-state index in [1.54, 1.807) is 0 Å². The van der Waals surface area contributed by atoms with Gasteiger partial charge in [0.1, 0.15) is 0 Å². The van der Waals surface area contributed by atoms with Gasteiger partial charge in [0, 0.05) is 32.2 Å². The summed E-state index contributed by atoms with van der Waals surface area (Å²) in [4.78, 5) is 18.9. The van der Waals surface area contributed by atoms with E-state index >= 15 is 0 Å². The molecule has 5 heteroatoms. The number of carbonyl (C=O) groups is 1. The Morgan fingerprint density at radius 3 is 2.59 bits per heavy atom. The Labute approximate surface area is 133 Å². The zero-order valence-electron chi connectivity index (χ0n) is 14.2. The predicted octanol–water partition coefficient (Wildman–Crippen LogP) is 2.38. The number of benzene rings is 1. The van der Waals surface area contributed by atoms with Crippen molar-refractivity contribution in [2.75, 3.05) is 50.1 Å². The van der Waals surface area contributed by atoms with Gasteiger partial charge in [0.15, 0.2) is 0 Å². The van der Waals surface area contributed by atoms with Crippen LogP contribution < -0.4 is 15.1 Å². The van der Waals surface area contributed by atoms with Gasteiger partial charge in [-0.25, -0.2) is 4.79 Å². The molecule has 1 N–H and O–H groups in total. The zero-order chi connectivity index (χ0) is 16.1. The molecule has 1 aliphatic heterocycles. The number of amides is 2. The minimum atomic E-state index is 0.00839. The molecule has 122 valence electrons. The van der Waals surface area contributed by atoms with Gasteiger partial charge >= 0.3 is 6.03 Å². The first-order valence-electron chi connectivity index (χ1n) is 8.09. The van der Waals surface area contributed by atoms with Gasteiger partial charge in [-0.1, -0.05) is 19.1 Å². The zero-order valence-corrected chi connectivity index (χ0v) is 14.2. The van der Waals surface area contributed by atoms with Gasteiger partial charge in [0.25, 0.3) is 0 Å². The Morgan fingerprint density at radius 1 is 1.27 bits per heavy atom. The third kappa shape index (κ3) is 3.91. The van der Waals surface area contributed by atoms with Crippen LogP contribution in [0.25, 0.3) is 0 Å². The van der Waals surface area contributed by atoms with Gasteiger partial charge in [0.05, 0.1) is 11.4 Å². The van der Waals surface area contributed by atoms with Crippen molar-refractivity contribution in [3.05, 3.63) is 24.3 Å². The molecule has 2 rings (SSSR count). The normalized spacial score (nSPS) is 15.7. The maximum absolute atomic E-state index is 12.5. The van der Waals surface area contributed by atoms with Gasteiger partial charge < -0.3 is 15.1 Å². The molecule has 0 bridgehead atoms. The minimum Gasteiger partial charge on any atom is -0.367 e. The van der Waals surface area contributed by atoms with Crippen molar-refractivity contribution in [1.82, 2.24) is 10.2 Å². The third-order valence-corrected chi connectivity index (χ3v) is 4.15. The molecule has 0 spiro atoms. The van der Waals surface area contributed by atoms with Crippen molar-refractivity contribution in [3.63, 3.8) is 0 Å². The van der Waals surface area contributed by atoms with Crippen molar-refractivity contribution in [2.24, 2.45) is 0 Å². The van der Waals surface area contributed by atoms with Crippen LogP contribution in [0.2, 0.25) is 0 Å². The van der Waals surface area contributed by atoms with Gasteiger partial charge in [-0.3, -0.25) is 4.90 Å². The average molecular weight is 304 g/mol. The number of hydrogen-bond donors (Lipinski definition) is 1. The second-order valence-corrected chi connectivity index (χ2v) is 6.19. The van der Waals surface area contributed by atoms with E-state index in [1.165, 1.54) is 0 Å². The van der Waals surface area contributed by atoms with E-state index in [0.29, 0.717) is 0 Å². The van der Waals surface area contributed by atoms with Crippen LogP contribution in [0.1, 0.15) is 20.3 Å². The van der Waals surface area contributed by atoms with Gasteiger partial charge in [-0.05, 0) is 39.6 Å². The quantitative estimate of drug-likeness (QED) is 0.908. The lowest BCUT2D eigenvalue weighted by molar-refractivity contribution is 0.243. The fourth-order valence-electron chi connectivity index (χ4n) is 2.58. The maximum atomic E-state index is 12.5. The summed E-state index contributed by atoms with van der Waals surface area (Å²) in [6, 6.07) is 8.39. The average Bonchev–Trinajstić information content (AvgIpc) is 2.52. The number of nitrogens with one attached hydrogen (secondary N) is 1. The van der Waals surface area contributed by atoms with Gasteiger partial charge in [-0.2, -0.15) is 0 Å². The Kier molecular flexibility index (Phi) is 5.66. The molecule has 0 aliphatic carbocycles. The number of urea groups is 1. The molecule has 1 heterocycles. The van der Waals surface area contributed by atoms with Gasteiger partial charge in [-0.15, -0.1) is 0 Å². The largest absolute Gasteiger partial charge is 0.367 e. The molecule has 1 atom stereocenters.